The minimum Gasteiger partial charge on any atom is -0.419 e. The average Bonchev–Trinajstić information content (AvgIpc) is 3.28. The molecule has 0 saturated heterocycles. The third-order valence-electron chi connectivity index (χ3n) is 3.92. The summed E-state index contributed by atoms with van der Waals surface area (Å²) >= 11 is 4.95. The number of fused-ring (bicyclic) bond motifs is 1. The maximum atomic E-state index is 5.87. The Balaban J connectivity index is 1.67. The second kappa shape index (κ2) is 6.51. The normalized spacial score (nSPS) is 12.8. The topological polar surface area (TPSA) is 64.7 Å². The average molecular weight is 389 g/mol. The molecule has 1 atom stereocenters. The summed E-state index contributed by atoms with van der Waals surface area (Å²) in [4.78, 5) is 12.6. The Hall–Kier alpha value is -1.77. The van der Waals surface area contributed by atoms with Crippen molar-refractivity contribution >= 4 is 44.7 Å². The van der Waals surface area contributed by atoms with Gasteiger partial charge in [-0.05, 0) is 44.7 Å². The maximum absolute atomic E-state index is 5.87. The Kier molecular flexibility index (Phi) is 4.35. The van der Waals surface area contributed by atoms with Crippen molar-refractivity contribution in [1.29, 1.82) is 0 Å². The number of thiophene rings is 2. The van der Waals surface area contributed by atoms with Gasteiger partial charge in [0.05, 0.1) is 10.1 Å². The van der Waals surface area contributed by atoms with Crippen molar-refractivity contribution in [2.45, 2.75) is 38.0 Å². The monoisotopic (exact) mass is 388 g/mol. The van der Waals surface area contributed by atoms with Gasteiger partial charge in [-0.15, -0.1) is 32.9 Å². The molecule has 128 valence electrons. The second-order valence-electron chi connectivity index (χ2n) is 5.72. The molecule has 0 bridgehead atoms. The first-order valence-electron chi connectivity index (χ1n) is 7.81. The molecule has 0 amide bonds. The molecule has 0 fully saturated rings. The molecular formula is C17H16N4OS3. The summed E-state index contributed by atoms with van der Waals surface area (Å²) in [6.07, 6.45) is 0. The van der Waals surface area contributed by atoms with E-state index in [2.05, 4.69) is 40.9 Å². The van der Waals surface area contributed by atoms with Crippen LogP contribution in [0.2, 0.25) is 0 Å². The summed E-state index contributed by atoms with van der Waals surface area (Å²) in [5.74, 6) is 1.97. The predicted octanol–water partition coefficient (Wildman–Crippen LogP) is 5.58. The standard InChI is InChI=1S/C17H16N4OS3/c1-8-9(2)24-16-13(8)17(19-11(4)18-16)25-10(3)14-20-21-15(22-14)12-6-5-7-23-12/h5-7,10H,1-4H3/t10-/m0/s1. The number of hydrogen-bond donors (Lipinski definition) is 0. The van der Waals surface area contributed by atoms with Gasteiger partial charge in [-0.1, -0.05) is 17.8 Å². The summed E-state index contributed by atoms with van der Waals surface area (Å²) in [7, 11) is 0. The lowest BCUT2D eigenvalue weighted by Gasteiger charge is -2.08. The van der Waals surface area contributed by atoms with Crippen LogP contribution in [0, 0.1) is 20.8 Å². The van der Waals surface area contributed by atoms with E-state index in [0.717, 1.165) is 25.9 Å². The van der Waals surface area contributed by atoms with E-state index in [4.69, 9.17) is 4.42 Å². The van der Waals surface area contributed by atoms with Gasteiger partial charge in [-0.2, -0.15) is 0 Å². The molecule has 0 N–H and O–H groups in total. The van der Waals surface area contributed by atoms with Gasteiger partial charge in [0.2, 0.25) is 5.89 Å². The summed E-state index contributed by atoms with van der Waals surface area (Å²) < 4.78 is 5.87. The molecule has 0 radical (unpaired) electrons. The van der Waals surface area contributed by atoms with Crippen LogP contribution in [0.15, 0.2) is 27.0 Å². The zero-order valence-electron chi connectivity index (χ0n) is 14.2. The van der Waals surface area contributed by atoms with E-state index in [-0.39, 0.29) is 5.25 Å². The van der Waals surface area contributed by atoms with Crippen molar-refractivity contribution in [3.63, 3.8) is 0 Å². The lowest BCUT2D eigenvalue weighted by molar-refractivity contribution is 0.510. The van der Waals surface area contributed by atoms with Crippen molar-refractivity contribution in [3.05, 3.63) is 39.7 Å². The highest BCUT2D eigenvalue weighted by Gasteiger charge is 2.21. The Bertz CT molecular complexity index is 1040. The molecule has 4 aromatic rings. The molecular weight excluding hydrogens is 372 g/mol. The van der Waals surface area contributed by atoms with Crippen molar-refractivity contribution in [2.75, 3.05) is 0 Å². The van der Waals surface area contributed by atoms with Crippen LogP contribution in [0.3, 0.4) is 0 Å². The Morgan fingerprint density at radius 1 is 1.16 bits per heavy atom. The highest BCUT2D eigenvalue weighted by Crippen LogP contribution is 2.41. The molecule has 0 unspecified atom stereocenters. The number of thioether (sulfide) groups is 1. The smallest absolute Gasteiger partial charge is 0.257 e. The van der Waals surface area contributed by atoms with Crippen LogP contribution in [0.4, 0.5) is 0 Å². The van der Waals surface area contributed by atoms with Gasteiger partial charge in [0.1, 0.15) is 15.7 Å². The van der Waals surface area contributed by atoms with Gasteiger partial charge < -0.3 is 4.42 Å². The Labute approximate surface area is 157 Å². The van der Waals surface area contributed by atoms with Crippen molar-refractivity contribution in [1.82, 2.24) is 20.2 Å². The van der Waals surface area contributed by atoms with E-state index < -0.39 is 0 Å². The van der Waals surface area contributed by atoms with Crippen LogP contribution in [0.1, 0.15) is 34.3 Å². The quantitative estimate of drug-likeness (QED) is 0.336. The highest BCUT2D eigenvalue weighted by molar-refractivity contribution is 7.99. The van der Waals surface area contributed by atoms with E-state index >= 15 is 0 Å². The Morgan fingerprint density at radius 2 is 2.00 bits per heavy atom. The van der Waals surface area contributed by atoms with E-state index in [1.807, 2.05) is 24.4 Å². The fourth-order valence-corrected chi connectivity index (χ4v) is 5.38. The van der Waals surface area contributed by atoms with Crippen molar-refractivity contribution in [3.8, 4) is 10.8 Å². The number of hydrogen-bond acceptors (Lipinski definition) is 8. The molecule has 5 nitrogen and oxygen atoms in total. The molecule has 0 aromatic carbocycles. The summed E-state index contributed by atoms with van der Waals surface area (Å²) in [6, 6.07) is 3.96. The van der Waals surface area contributed by atoms with Crippen LogP contribution in [-0.4, -0.2) is 20.2 Å². The Morgan fingerprint density at radius 3 is 2.76 bits per heavy atom. The van der Waals surface area contributed by atoms with Gasteiger partial charge in [-0.3, -0.25) is 0 Å². The van der Waals surface area contributed by atoms with Crippen molar-refractivity contribution < 1.29 is 4.42 Å². The van der Waals surface area contributed by atoms with Crippen LogP contribution in [0.25, 0.3) is 21.0 Å². The zero-order valence-corrected chi connectivity index (χ0v) is 16.7. The first kappa shape index (κ1) is 16.7. The minimum absolute atomic E-state index is 0.0123. The van der Waals surface area contributed by atoms with Crippen LogP contribution < -0.4 is 0 Å². The first-order chi connectivity index (χ1) is 12.0. The van der Waals surface area contributed by atoms with Crippen molar-refractivity contribution in [2.24, 2.45) is 0 Å². The lowest BCUT2D eigenvalue weighted by Crippen LogP contribution is -1.95. The van der Waals surface area contributed by atoms with Gasteiger partial charge in [0.25, 0.3) is 5.89 Å². The molecule has 25 heavy (non-hydrogen) atoms. The summed E-state index contributed by atoms with van der Waals surface area (Å²) in [5, 5.41) is 12.5. The van der Waals surface area contributed by atoms with Gasteiger partial charge in [0, 0.05) is 10.3 Å². The summed E-state index contributed by atoms with van der Waals surface area (Å²) in [6.45, 7) is 8.25. The van der Waals surface area contributed by atoms with Gasteiger partial charge in [-0.25, -0.2) is 9.97 Å². The molecule has 4 rings (SSSR count). The second-order valence-corrected chi connectivity index (χ2v) is 9.20. The molecule has 0 aliphatic heterocycles. The number of aryl methyl sites for hydroxylation is 3. The zero-order chi connectivity index (χ0) is 17.6. The van der Waals surface area contributed by atoms with Gasteiger partial charge in [0.15, 0.2) is 0 Å². The number of rotatable bonds is 4. The van der Waals surface area contributed by atoms with Gasteiger partial charge >= 0.3 is 0 Å². The molecule has 0 saturated carbocycles. The van der Waals surface area contributed by atoms with Crippen LogP contribution >= 0.6 is 34.4 Å². The fraction of sp³-hybridized carbons (Fsp3) is 0.294. The number of aromatic nitrogens is 4. The van der Waals surface area contributed by atoms with Crippen LogP contribution in [0.5, 0.6) is 0 Å². The minimum atomic E-state index is 0.0123. The van der Waals surface area contributed by atoms with E-state index in [1.165, 1.54) is 10.4 Å². The van der Waals surface area contributed by atoms with E-state index in [0.29, 0.717) is 11.8 Å². The fourth-order valence-electron chi connectivity index (χ4n) is 2.52. The largest absolute Gasteiger partial charge is 0.419 e. The molecule has 4 heterocycles. The highest BCUT2D eigenvalue weighted by atomic mass is 32.2. The third-order valence-corrected chi connectivity index (χ3v) is 6.95. The molecule has 0 spiro atoms. The molecule has 8 heteroatoms. The molecule has 0 aliphatic rings. The van der Waals surface area contributed by atoms with Crippen LogP contribution in [-0.2, 0) is 0 Å². The predicted molar refractivity (Wildman–Crippen MR) is 104 cm³/mol. The summed E-state index contributed by atoms with van der Waals surface area (Å²) in [5.41, 5.74) is 1.25. The third kappa shape index (κ3) is 3.09. The maximum Gasteiger partial charge on any atom is 0.257 e. The molecule has 4 aromatic heterocycles. The van der Waals surface area contributed by atoms with E-state index in [1.54, 1.807) is 34.4 Å². The number of nitrogens with zero attached hydrogens (tertiary/aromatic N) is 4. The van der Waals surface area contributed by atoms with E-state index in [9.17, 15) is 0 Å². The molecule has 0 aliphatic carbocycles. The first-order valence-corrected chi connectivity index (χ1v) is 10.4. The SMILES string of the molecule is Cc1nc(S[C@@H](C)c2nnc(-c3cccs3)o2)c2c(C)c(C)sc2n1. The lowest BCUT2D eigenvalue weighted by atomic mass is 10.2.